The lowest BCUT2D eigenvalue weighted by molar-refractivity contribution is 0.103. The Labute approximate surface area is 180 Å². The van der Waals surface area contributed by atoms with Gasteiger partial charge in [0.15, 0.2) is 17.6 Å². The number of aromatic nitrogens is 2. The summed E-state index contributed by atoms with van der Waals surface area (Å²) >= 11 is 1.28. The van der Waals surface area contributed by atoms with Gasteiger partial charge >= 0.3 is 0 Å². The molecule has 29 heavy (non-hydrogen) atoms. The lowest BCUT2D eigenvalue weighted by Gasteiger charge is -2.16. The SMILES string of the molecule is CC(c1cccc(C(=O)c2ccccc2)c1)c1nsc(N=C2NCCCN2)n1.Cl. The van der Waals surface area contributed by atoms with Crippen molar-refractivity contribution in [3.05, 3.63) is 77.1 Å². The Bertz CT molecular complexity index is 997. The van der Waals surface area contributed by atoms with Crippen LogP contribution in [0.3, 0.4) is 0 Å². The van der Waals surface area contributed by atoms with E-state index >= 15 is 0 Å². The molecule has 1 aromatic heterocycles. The number of ketones is 1. The highest BCUT2D eigenvalue weighted by atomic mass is 35.5. The normalized spacial score (nSPS) is 14.2. The Kier molecular flexibility index (Phi) is 6.95. The quantitative estimate of drug-likeness (QED) is 0.603. The van der Waals surface area contributed by atoms with Crippen LogP contribution in [0.5, 0.6) is 0 Å². The maximum Gasteiger partial charge on any atom is 0.232 e. The molecule has 0 aliphatic carbocycles. The van der Waals surface area contributed by atoms with Crippen molar-refractivity contribution in [2.24, 2.45) is 4.99 Å². The molecule has 0 saturated carbocycles. The summed E-state index contributed by atoms with van der Waals surface area (Å²) in [6, 6.07) is 17.0. The maximum atomic E-state index is 12.7. The van der Waals surface area contributed by atoms with E-state index in [1.54, 1.807) is 0 Å². The second-order valence-electron chi connectivity index (χ2n) is 6.64. The average molecular weight is 428 g/mol. The monoisotopic (exact) mass is 427 g/mol. The van der Waals surface area contributed by atoms with E-state index in [9.17, 15) is 4.79 Å². The van der Waals surface area contributed by atoms with Crippen LogP contribution in [0.15, 0.2) is 59.6 Å². The van der Waals surface area contributed by atoms with E-state index in [4.69, 9.17) is 0 Å². The number of nitrogens with one attached hydrogen (secondary N) is 2. The first-order valence-electron chi connectivity index (χ1n) is 9.30. The largest absolute Gasteiger partial charge is 0.356 e. The van der Waals surface area contributed by atoms with Crippen molar-refractivity contribution >= 4 is 40.8 Å². The summed E-state index contributed by atoms with van der Waals surface area (Å²) in [7, 11) is 0. The van der Waals surface area contributed by atoms with Gasteiger partial charge in [-0.25, -0.2) is 4.98 Å². The van der Waals surface area contributed by atoms with Crippen molar-refractivity contribution in [3.63, 3.8) is 0 Å². The second-order valence-corrected chi connectivity index (χ2v) is 7.38. The van der Waals surface area contributed by atoms with Crippen LogP contribution < -0.4 is 10.6 Å². The average Bonchev–Trinajstić information content (AvgIpc) is 3.22. The van der Waals surface area contributed by atoms with Crippen molar-refractivity contribution in [1.29, 1.82) is 0 Å². The highest BCUT2D eigenvalue weighted by Crippen LogP contribution is 2.27. The fourth-order valence-electron chi connectivity index (χ4n) is 3.04. The van der Waals surface area contributed by atoms with Gasteiger partial charge in [-0.15, -0.1) is 12.4 Å². The fourth-order valence-corrected chi connectivity index (χ4v) is 3.68. The molecule has 0 bridgehead atoms. The predicted molar refractivity (Wildman–Crippen MR) is 119 cm³/mol. The third-order valence-electron chi connectivity index (χ3n) is 4.65. The minimum atomic E-state index is -0.0269. The summed E-state index contributed by atoms with van der Waals surface area (Å²) in [5, 5.41) is 7.05. The molecule has 0 radical (unpaired) electrons. The lowest BCUT2D eigenvalue weighted by atomic mass is 9.95. The van der Waals surface area contributed by atoms with Crippen molar-refractivity contribution in [2.75, 3.05) is 13.1 Å². The molecule has 1 atom stereocenters. The maximum absolute atomic E-state index is 12.7. The Hall–Kier alpha value is -2.77. The molecular formula is C21H22ClN5OS. The number of hydrogen-bond acceptors (Lipinski definition) is 5. The van der Waals surface area contributed by atoms with Crippen molar-refractivity contribution in [2.45, 2.75) is 19.3 Å². The van der Waals surface area contributed by atoms with Gasteiger partial charge in [-0.05, 0) is 18.1 Å². The van der Waals surface area contributed by atoms with Gasteiger partial charge in [-0.1, -0.05) is 55.5 Å². The molecular weight excluding hydrogens is 406 g/mol. The molecule has 6 nitrogen and oxygen atoms in total. The minimum absolute atomic E-state index is 0. The highest BCUT2D eigenvalue weighted by molar-refractivity contribution is 7.09. The van der Waals surface area contributed by atoms with Crippen molar-refractivity contribution < 1.29 is 4.79 Å². The fraction of sp³-hybridized carbons (Fsp3) is 0.238. The van der Waals surface area contributed by atoms with Gasteiger partial charge in [0, 0.05) is 41.7 Å². The molecule has 2 heterocycles. The van der Waals surface area contributed by atoms with Crippen LogP contribution in [0, 0.1) is 0 Å². The standard InChI is InChI=1S/C21H21N5OS.ClH/c1-14(19-24-21(28-26-19)25-20-22-11-6-12-23-20)16-9-5-10-17(13-16)18(27)15-7-3-2-4-8-15;/h2-5,7-10,13-14H,6,11-12H2,1H3,(H2,22,23,24,25,26);1H. The van der Waals surface area contributed by atoms with Gasteiger partial charge in [0.25, 0.3) is 0 Å². The number of halogens is 1. The van der Waals surface area contributed by atoms with Crippen LogP contribution >= 0.6 is 23.9 Å². The molecule has 1 aliphatic heterocycles. The van der Waals surface area contributed by atoms with Crippen molar-refractivity contribution in [3.8, 4) is 0 Å². The van der Waals surface area contributed by atoms with Gasteiger partial charge in [-0.2, -0.15) is 9.37 Å². The van der Waals surface area contributed by atoms with Crippen LogP contribution in [0.4, 0.5) is 5.13 Å². The van der Waals surface area contributed by atoms with Gasteiger partial charge in [0.05, 0.1) is 0 Å². The molecule has 1 aliphatic rings. The zero-order valence-electron chi connectivity index (χ0n) is 16.0. The van der Waals surface area contributed by atoms with Crippen LogP contribution in [-0.4, -0.2) is 34.2 Å². The summed E-state index contributed by atoms with van der Waals surface area (Å²) in [6.07, 6.45) is 1.08. The number of nitrogens with zero attached hydrogens (tertiary/aromatic N) is 3. The van der Waals surface area contributed by atoms with Gasteiger partial charge in [0.1, 0.15) is 0 Å². The second kappa shape index (κ2) is 9.62. The van der Waals surface area contributed by atoms with Crippen LogP contribution in [-0.2, 0) is 0 Å². The number of guanidine groups is 1. The van der Waals surface area contributed by atoms with Crippen LogP contribution in [0.25, 0.3) is 0 Å². The molecule has 0 amide bonds. The van der Waals surface area contributed by atoms with Gasteiger partial charge in [0.2, 0.25) is 5.13 Å². The molecule has 3 aromatic rings. The molecule has 8 heteroatoms. The molecule has 1 saturated heterocycles. The molecule has 1 fully saturated rings. The lowest BCUT2D eigenvalue weighted by Crippen LogP contribution is -2.43. The molecule has 2 aromatic carbocycles. The summed E-state index contributed by atoms with van der Waals surface area (Å²) in [5.74, 6) is 1.45. The molecule has 0 spiro atoms. The first-order valence-corrected chi connectivity index (χ1v) is 10.1. The highest BCUT2D eigenvalue weighted by Gasteiger charge is 2.17. The van der Waals surface area contributed by atoms with E-state index in [0.29, 0.717) is 22.1 Å². The summed E-state index contributed by atoms with van der Waals surface area (Å²) < 4.78 is 4.47. The topological polar surface area (TPSA) is 79.3 Å². The molecule has 150 valence electrons. The third kappa shape index (κ3) is 4.99. The smallest absolute Gasteiger partial charge is 0.232 e. The predicted octanol–water partition coefficient (Wildman–Crippen LogP) is 3.91. The summed E-state index contributed by atoms with van der Waals surface area (Å²) in [4.78, 5) is 21.8. The first-order chi connectivity index (χ1) is 13.7. The van der Waals surface area contributed by atoms with E-state index < -0.39 is 0 Å². The van der Waals surface area contributed by atoms with Gasteiger partial charge < -0.3 is 10.6 Å². The van der Waals surface area contributed by atoms with E-state index in [0.717, 1.165) is 31.0 Å². The van der Waals surface area contributed by atoms with Crippen LogP contribution in [0.1, 0.15) is 46.6 Å². The number of aliphatic imine (C=N–C) groups is 1. The van der Waals surface area contributed by atoms with E-state index in [1.165, 1.54) is 11.5 Å². The zero-order chi connectivity index (χ0) is 19.3. The number of benzene rings is 2. The third-order valence-corrected chi connectivity index (χ3v) is 5.27. The van der Waals surface area contributed by atoms with Gasteiger partial charge in [-0.3, -0.25) is 4.79 Å². The number of hydrogen-bond donors (Lipinski definition) is 2. The Morgan fingerprint density at radius 3 is 2.55 bits per heavy atom. The van der Waals surface area contributed by atoms with Crippen molar-refractivity contribution in [1.82, 2.24) is 20.0 Å². The summed E-state index contributed by atoms with van der Waals surface area (Å²) in [5.41, 5.74) is 2.36. The number of carbonyl (C=O) groups excluding carboxylic acids is 1. The Balaban J connectivity index is 0.00000240. The Morgan fingerprint density at radius 1 is 1.07 bits per heavy atom. The van der Waals surface area contributed by atoms with E-state index in [-0.39, 0.29) is 24.1 Å². The summed E-state index contributed by atoms with van der Waals surface area (Å²) in [6.45, 7) is 3.87. The van der Waals surface area contributed by atoms with Crippen LogP contribution in [0.2, 0.25) is 0 Å². The zero-order valence-corrected chi connectivity index (χ0v) is 17.6. The molecule has 4 rings (SSSR count). The molecule has 2 N–H and O–H groups in total. The number of rotatable bonds is 5. The minimum Gasteiger partial charge on any atom is -0.356 e. The van der Waals surface area contributed by atoms with E-state index in [2.05, 4.69) is 25.0 Å². The Morgan fingerprint density at radius 2 is 1.79 bits per heavy atom. The number of carbonyl (C=O) groups is 1. The molecule has 1 unspecified atom stereocenters. The van der Waals surface area contributed by atoms with E-state index in [1.807, 2.05) is 61.5 Å². The first kappa shape index (κ1) is 21.0.